The number of carbonyl (C=O) groups is 1. The Morgan fingerprint density at radius 1 is 1.14 bits per heavy atom. The van der Waals surface area contributed by atoms with Gasteiger partial charge in [0.25, 0.3) is 5.91 Å². The molecule has 2 fully saturated rings. The molecule has 1 amide bonds. The molecule has 6 rings (SSSR count). The van der Waals surface area contributed by atoms with Crippen LogP contribution in [0.4, 0.5) is 5.69 Å². The summed E-state index contributed by atoms with van der Waals surface area (Å²) in [5.41, 5.74) is 1.79. The second kappa shape index (κ2) is 9.22. The minimum Gasteiger partial charge on any atom is -0.493 e. The van der Waals surface area contributed by atoms with Gasteiger partial charge in [0.1, 0.15) is 0 Å². The summed E-state index contributed by atoms with van der Waals surface area (Å²) in [4.78, 5) is 28.9. The number of aromatic amines is 1. The number of thioether (sulfide) groups is 1. The SMILES string of the molecule is COc1cc(C2c3sc(=O)[nH]c3SC3C4CCC(C4)C23)ccc1OCC(=O)Nc1ccc(Cl)cc1. The molecule has 1 aliphatic heterocycles. The Morgan fingerprint density at radius 3 is 2.74 bits per heavy atom. The first-order valence-electron chi connectivity index (χ1n) is 11.8. The quantitative estimate of drug-likeness (QED) is 0.424. The van der Waals surface area contributed by atoms with Crippen LogP contribution in [0.1, 0.15) is 35.6 Å². The number of anilines is 1. The number of fused-ring (bicyclic) bond motifs is 6. The van der Waals surface area contributed by atoms with Gasteiger partial charge in [-0.1, -0.05) is 29.0 Å². The molecule has 0 saturated heterocycles. The van der Waals surface area contributed by atoms with E-state index in [1.807, 2.05) is 23.9 Å². The molecule has 2 N–H and O–H groups in total. The molecule has 9 heteroatoms. The molecule has 5 unspecified atom stereocenters. The van der Waals surface area contributed by atoms with Gasteiger partial charge < -0.3 is 19.8 Å². The lowest BCUT2D eigenvalue weighted by Crippen LogP contribution is -2.33. The molecule has 2 aliphatic carbocycles. The van der Waals surface area contributed by atoms with Gasteiger partial charge in [-0.25, -0.2) is 0 Å². The summed E-state index contributed by atoms with van der Waals surface area (Å²) in [5, 5.41) is 4.99. The number of benzene rings is 2. The van der Waals surface area contributed by atoms with Crippen molar-refractivity contribution in [3.05, 3.63) is 67.6 Å². The molecule has 1 aromatic heterocycles. The van der Waals surface area contributed by atoms with Crippen molar-refractivity contribution in [2.45, 2.75) is 35.5 Å². The van der Waals surface area contributed by atoms with Crippen molar-refractivity contribution in [3.8, 4) is 11.5 Å². The van der Waals surface area contributed by atoms with E-state index in [0.717, 1.165) is 21.4 Å². The van der Waals surface area contributed by atoms with E-state index in [9.17, 15) is 9.59 Å². The summed E-state index contributed by atoms with van der Waals surface area (Å²) in [7, 11) is 1.61. The highest BCUT2D eigenvalue weighted by Gasteiger charge is 2.54. The highest BCUT2D eigenvalue weighted by atomic mass is 35.5. The van der Waals surface area contributed by atoms with Crippen molar-refractivity contribution in [2.24, 2.45) is 17.8 Å². The largest absolute Gasteiger partial charge is 0.493 e. The van der Waals surface area contributed by atoms with Crippen molar-refractivity contribution < 1.29 is 14.3 Å². The lowest BCUT2D eigenvalue weighted by Gasteiger charge is -2.40. The lowest BCUT2D eigenvalue weighted by molar-refractivity contribution is -0.118. The molecule has 6 nitrogen and oxygen atoms in total. The lowest BCUT2D eigenvalue weighted by atomic mass is 9.75. The van der Waals surface area contributed by atoms with Gasteiger partial charge in [-0.05, 0) is 79.0 Å². The summed E-state index contributed by atoms with van der Waals surface area (Å²) >= 11 is 9.12. The van der Waals surface area contributed by atoms with Crippen LogP contribution in [0.5, 0.6) is 11.5 Å². The number of H-pyrrole nitrogens is 1. The van der Waals surface area contributed by atoms with E-state index in [1.165, 1.54) is 30.6 Å². The summed E-state index contributed by atoms with van der Waals surface area (Å²) in [5.74, 6) is 2.97. The van der Waals surface area contributed by atoms with Crippen LogP contribution in [0.2, 0.25) is 5.02 Å². The zero-order valence-corrected chi connectivity index (χ0v) is 21.5. The molecule has 5 atom stereocenters. The van der Waals surface area contributed by atoms with E-state index in [4.69, 9.17) is 21.1 Å². The maximum atomic E-state index is 12.4. The number of hydrogen-bond donors (Lipinski definition) is 2. The van der Waals surface area contributed by atoms with Gasteiger partial charge in [0.15, 0.2) is 18.1 Å². The number of amides is 1. The maximum absolute atomic E-state index is 12.4. The van der Waals surface area contributed by atoms with Crippen LogP contribution in [0.15, 0.2) is 52.3 Å². The Labute approximate surface area is 216 Å². The van der Waals surface area contributed by atoms with E-state index < -0.39 is 0 Å². The van der Waals surface area contributed by atoms with Gasteiger partial charge in [-0.15, -0.1) is 11.8 Å². The van der Waals surface area contributed by atoms with Crippen LogP contribution >= 0.6 is 34.7 Å². The Kier molecular flexibility index (Phi) is 6.06. The summed E-state index contributed by atoms with van der Waals surface area (Å²) < 4.78 is 11.5. The first-order valence-corrected chi connectivity index (χ1v) is 13.8. The smallest absolute Gasteiger partial charge is 0.305 e. The third kappa shape index (κ3) is 4.26. The van der Waals surface area contributed by atoms with Gasteiger partial charge >= 0.3 is 4.87 Å². The van der Waals surface area contributed by atoms with Crippen LogP contribution in [-0.2, 0) is 4.79 Å². The molecule has 182 valence electrons. The van der Waals surface area contributed by atoms with Crippen molar-refractivity contribution in [2.75, 3.05) is 19.0 Å². The number of carbonyl (C=O) groups excluding carboxylic acids is 1. The summed E-state index contributed by atoms with van der Waals surface area (Å²) in [6.45, 7) is -0.142. The highest BCUT2D eigenvalue weighted by Crippen LogP contribution is 2.63. The molecule has 2 bridgehead atoms. The number of halogens is 1. The zero-order valence-electron chi connectivity index (χ0n) is 19.1. The van der Waals surface area contributed by atoms with Gasteiger partial charge in [-0.2, -0.15) is 0 Å². The fourth-order valence-electron chi connectivity index (χ4n) is 6.09. The van der Waals surface area contributed by atoms with E-state index in [-0.39, 0.29) is 23.3 Å². The molecule has 3 aliphatic rings. The number of methoxy groups -OCH3 is 1. The van der Waals surface area contributed by atoms with Crippen LogP contribution in [0.3, 0.4) is 0 Å². The van der Waals surface area contributed by atoms with Crippen molar-refractivity contribution in [1.82, 2.24) is 4.98 Å². The topological polar surface area (TPSA) is 80.4 Å². The number of nitrogens with one attached hydrogen (secondary N) is 2. The maximum Gasteiger partial charge on any atom is 0.305 e. The molecular weight excluding hydrogens is 504 g/mol. The van der Waals surface area contributed by atoms with Crippen LogP contribution in [-0.4, -0.2) is 29.9 Å². The molecule has 35 heavy (non-hydrogen) atoms. The highest BCUT2D eigenvalue weighted by molar-refractivity contribution is 8.00. The second-order valence-electron chi connectivity index (χ2n) is 9.43. The molecule has 0 spiro atoms. The second-order valence-corrected chi connectivity index (χ2v) is 12.1. The summed E-state index contributed by atoms with van der Waals surface area (Å²) in [6, 6.07) is 12.9. The third-order valence-electron chi connectivity index (χ3n) is 7.50. The van der Waals surface area contributed by atoms with E-state index >= 15 is 0 Å². The number of aromatic nitrogens is 1. The standard InChI is InChI=1S/C26H25ClN2O4S2/c1-32-19-11-14(4-9-18(19)33-12-20(30)28-17-7-5-16(27)6-8-17)22-21-13-2-3-15(10-13)23(21)34-25-24(22)35-26(31)29-25/h4-9,11,13,15,21-23H,2-3,10,12H2,1H3,(H,28,30)(H,29,31). The minimum atomic E-state index is -0.269. The molecule has 2 saturated carbocycles. The normalized spacial score (nSPS) is 26.2. The molecule has 3 aromatic rings. The predicted octanol–water partition coefficient (Wildman–Crippen LogP) is 5.77. The van der Waals surface area contributed by atoms with Crippen molar-refractivity contribution >= 4 is 46.3 Å². The number of thiazole rings is 1. The van der Waals surface area contributed by atoms with Gasteiger partial charge in [0, 0.05) is 26.8 Å². The van der Waals surface area contributed by atoms with E-state index in [0.29, 0.717) is 39.3 Å². The molecule has 0 radical (unpaired) electrons. The van der Waals surface area contributed by atoms with E-state index in [2.05, 4.69) is 16.4 Å². The molecule has 2 aromatic carbocycles. The Hall–Kier alpha value is -2.42. The Morgan fingerprint density at radius 2 is 1.94 bits per heavy atom. The van der Waals surface area contributed by atoms with Gasteiger partial charge in [0.05, 0.1) is 12.1 Å². The molecular formula is C26H25ClN2O4S2. The van der Waals surface area contributed by atoms with E-state index in [1.54, 1.807) is 31.4 Å². The Bertz CT molecular complexity index is 1320. The number of rotatable bonds is 6. The first-order chi connectivity index (χ1) is 17.0. The number of ether oxygens (including phenoxy) is 2. The van der Waals surface area contributed by atoms with Gasteiger partial charge in [-0.3, -0.25) is 9.59 Å². The molecule has 2 heterocycles. The monoisotopic (exact) mass is 528 g/mol. The predicted molar refractivity (Wildman–Crippen MR) is 139 cm³/mol. The van der Waals surface area contributed by atoms with Crippen LogP contribution in [0, 0.1) is 17.8 Å². The summed E-state index contributed by atoms with van der Waals surface area (Å²) in [6.07, 6.45) is 3.86. The minimum absolute atomic E-state index is 0.0124. The van der Waals surface area contributed by atoms with Crippen molar-refractivity contribution in [1.29, 1.82) is 0 Å². The Balaban J connectivity index is 1.24. The fraction of sp³-hybridized carbons (Fsp3) is 0.385. The first kappa shape index (κ1) is 23.0. The van der Waals surface area contributed by atoms with Crippen molar-refractivity contribution in [3.63, 3.8) is 0 Å². The fourth-order valence-corrected chi connectivity index (χ4v) is 9.11. The van der Waals surface area contributed by atoms with Crippen LogP contribution < -0.4 is 19.7 Å². The average Bonchev–Trinajstić information content (AvgIpc) is 3.57. The zero-order chi connectivity index (χ0) is 24.1. The van der Waals surface area contributed by atoms with Gasteiger partial charge in [0.2, 0.25) is 0 Å². The third-order valence-corrected chi connectivity index (χ3v) is 10.4. The van der Waals surface area contributed by atoms with Crippen LogP contribution in [0.25, 0.3) is 0 Å². The number of hydrogen-bond acceptors (Lipinski definition) is 6. The average molecular weight is 529 g/mol.